The molecular weight excluding hydrogens is 384 g/mol. The minimum Gasteiger partial charge on any atom is -0.353 e. The molecular formula is C26H30N4O. The minimum atomic E-state index is 0.121. The maximum absolute atomic E-state index is 13.0. The maximum Gasteiger partial charge on any atom is 0.254 e. The van der Waals surface area contributed by atoms with Crippen LogP contribution >= 0.6 is 0 Å². The molecule has 0 bridgehead atoms. The van der Waals surface area contributed by atoms with Crippen molar-refractivity contribution >= 4 is 11.7 Å². The molecule has 0 radical (unpaired) electrons. The lowest BCUT2D eigenvalue weighted by molar-refractivity contribution is 0.0745. The number of anilines is 1. The quantitative estimate of drug-likeness (QED) is 0.628. The summed E-state index contributed by atoms with van der Waals surface area (Å²) < 4.78 is 0. The van der Waals surface area contributed by atoms with E-state index in [1.165, 1.54) is 11.1 Å². The summed E-state index contributed by atoms with van der Waals surface area (Å²) in [4.78, 5) is 26.9. The Kier molecular flexibility index (Phi) is 6.31. The molecule has 2 heterocycles. The fourth-order valence-electron chi connectivity index (χ4n) is 4.28. The van der Waals surface area contributed by atoms with Crippen LogP contribution in [0.3, 0.4) is 0 Å². The van der Waals surface area contributed by atoms with Crippen molar-refractivity contribution in [2.24, 2.45) is 0 Å². The molecule has 31 heavy (non-hydrogen) atoms. The first-order valence-electron chi connectivity index (χ1n) is 11.1. The first kappa shape index (κ1) is 21.0. The molecule has 3 aromatic rings. The van der Waals surface area contributed by atoms with Crippen molar-refractivity contribution in [1.82, 2.24) is 14.9 Å². The van der Waals surface area contributed by atoms with E-state index in [-0.39, 0.29) is 5.91 Å². The van der Waals surface area contributed by atoms with Gasteiger partial charge in [0.1, 0.15) is 11.6 Å². The third-order valence-electron chi connectivity index (χ3n) is 5.98. The molecule has 1 aliphatic heterocycles. The van der Waals surface area contributed by atoms with Crippen LogP contribution in [0.25, 0.3) is 0 Å². The van der Waals surface area contributed by atoms with E-state index in [2.05, 4.69) is 36.1 Å². The van der Waals surface area contributed by atoms with E-state index in [0.717, 1.165) is 54.4 Å². The average Bonchev–Trinajstić information content (AvgIpc) is 2.80. The zero-order chi connectivity index (χ0) is 21.8. The van der Waals surface area contributed by atoms with Crippen LogP contribution in [0.15, 0.2) is 54.6 Å². The highest BCUT2D eigenvalue weighted by atomic mass is 16.2. The summed E-state index contributed by atoms with van der Waals surface area (Å²) in [5.41, 5.74) is 5.41. The van der Waals surface area contributed by atoms with Gasteiger partial charge in [0.05, 0.1) is 0 Å². The van der Waals surface area contributed by atoms with Gasteiger partial charge in [0.15, 0.2) is 0 Å². The monoisotopic (exact) mass is 414 g/mol. The number of piperazine rings is 1. The molecule has 0 aliphatic carbocycles. The second-order valence-electron chi connectivity index (χ2n) is 8.13. The molecule has 5 nitrogen and oxygen atoms in total. The summed E-state index contributed by atoms with van der Waals surface area (Å²) in [6.07, 6.45) is 1.70. The second kappa shape index (κ2) is 9.29. The van der Waals surface area contributed by atoms with E-state index in [4.69, 9.17) is 9.97 Å². The normalized spacial score (nSPS) is 14.0. The summed E-state index contributed by atoms with van der Waals surface area (Å²) in [5.74, 6) is 1.95. The first-order chi connectivity index (χ1) is 15.1. The molecule has 0 N–H and O–H groups in total. The molecule has 0 saturated carbocycles. The van der Waals surface area contributed by atoms with Gasteiger partial charge in [-0.15, -0.1) is 0 Å². The average molecular weight is 415 g/mol. The number of hydrogen-bond acceptors (Lipinski definition) is 4. The van der Waals surface area contributed by atoms with Crippen molar-refractivity contribution in [3.63, 3.8) is 0 Å². The van der Waals surface area contributed by atoms with Crippen LogP contribution < -0.4 is 4.90 Å². The Balaban J connectivity index is 1.56. The molecule has 4 rings (SSSR count). The van der Waals surface area contributed by atoms with E-state index in [0.29, 0.717) is 13.1 Å². The Morgan fingerprint density at radius 2 is 1.58 bits per heavy atom. The van der Waals surface area contributed by atoms with E-state index >= 15 is 0 Å². The highest BCUT2D eigenvalue weighted by Gasteiger charge is 2.26. The van der Waals surface area contributed by atoms with Crippen LogP contribution in [-0.4, -0.2) is 47.0 Å². The highest BCUT2D eigenvalue weighted by Crippen LogP contribution is 2.26. The number of benzene rings is 2. The Hall–Kier alpha value is -3.21. The standard InChI is InChI=1S/C26H30N4O/c1-4-24-23(18-21-11-6-5-7-12-21)25(28-20(3)27-24)29-14-16-30(17-15-29)26(31)22-13-9-8-10-19(22)2/h5-13H,4,14-18H2,1-3H3. The van der Waals surface area contributed by atoms with Gasteiger partial charge in [0, 0.05) is 49.4 Å². The maximum atomic E-state index is 13.0. The largest absolute Gasteiger partial charge is 0.353 e. The lowest BCUT2D eigenvalue weighted by Crippen LogP contribution is -2.49. The van der Waals surface area contributed by atoms with Crippen LogP contribution in [0.1, 0.15) is 45.5 Å². The molecule has 0 spiro atoms. The van der Waals surface area contributed by atoms with Crippen LogP contribution in [0.5, 0.6) is 0 Å². The Bertz CT molecular complexity index is 1060. The van der Waals surface area contributed by atoms with E-state index in [1.54, 1.807) is 0 Å². The van der Waals surface area contributed by atoms with Gasteiger partial charge < -0.3 is 9.80 Å². The van der Waals surface area contributed by atoms with Crippen LogP contribution in [0.2, 0.25) is 0 Å². The van der Waals surface area contributed by atoms with Gasteiger partial charge >= 0.3 is 0 Å². The van der Waals surface area contributed by atoms with Crippen molar-refractivity contribution in [2.75, 3.05) is 31.1 Å². The fourth-order valence-corrected chi connectivity index (χ4v) is 4.28. The van der Waals surface area contributed by atoms with Gasteiger partial charge in [-0.05, 0) is 37.5 Å². The number of rotatable bonds is 5. The lowest BCUT2D eigenvalue weighted by Gasteiger charge is -2.37. The molecule has 1 saturated heterocycles. The van der Waals surface area contributed by atoms with Crippen molar-refractivity contribution in [1.29, 1.82) is 0 Å². The Morgan fingerprint density at radius 3 is 2.26 bits per heavy atom. The molecule has 1 aromatic heterocycles. The molecule has 0 unspecified atom stereocenters. The number of nitrogens with zero attached hydrogens (tertiary/aromatic N) is 4. The van der Waals surface area contributed by atoms with Crippen molar-refractivity contribution < 1.29 is 4.79 Å². The molecule has 1 fully saturated rings. The number of carbonyl (C=O) groups excluding carboxylic acids is 1. The van der Waals surface area contributed by atoms with E-state index < -0.39 is 0 Å². The fraction of sp³-hybridized carbons (Fsp3) is 0.346. The molecule has 0 atom stereocenters. The number of amides is 1. The summed E-state index contributed by atoms with van der Waals surface area (Å²) >= 11 is 0. The summed E-state index contributed by atoms with van der Waals surface area (Å²) in [5, 5.41) is 0. The van der Waals surface area contributed by atoms with E-state index in [1.807, 2.05) is 49.1 Å². The first-order valence-corrected chi connectivity index (χ1v) is 11.1. The number of aryl methyl sites for hydroxylation is 3. The van der Waals surface area contributed by atoms with Crippen LogP contribution in [0.4, 0.5) is 5.82 Å². The Morgan fingerprint density at radius 1 is 0.903 bits per heavy atom. The predicted molar refractivity (Wildman–Crippen MR) is 125 cm³/mol. The summed E-state index contributed by atoms with van der Waals surface area (Å²) in [6, 6.07) is 18.3. The third-order valence-corrected chi connectivity index (χ3v) is 5.98. The number of hydrogen-bond donors (Lipinski definition) is 0. The van der Waals surface area contributed by atoms with Gasteiger partial charge in [-0.2, -0.15) is 0 Å². The summed E-state index contributed by atoms with van der Waals surface area (Å²) in [6.45, 7) is 9.06. The smallest absolute Gasteiger partial charge is 0.254 e. The van der Waals surface area contributed by atoms with E-state index in [9.17, 15) is 4.79 Å². The van der Waals surface area contributed by atoms with Gasteiger partial charge in [-0.25, -0.2) is 9.97 Å². The molecule has 5 heteroatoms. The van der Waals surface area contributed by atoms with Gasteiger partial charge in [0.2, 0.25) is 0 Å². The minimum absolute atomic E-state index is 0.121. The van der Waals surface area contributed by atoms with Crippen LogP contribution in [-0.2, 0) is 12.8 Å². The second-order valence-corrected chi connectivity index (χ2v) is 8.13. The zero-order valence-electron chi connectivity index (χ0n) is 18.6. The molecule has 1 amide bonds. The number of carbonyl (C=O) groups is 1. The molecule has 2 aromatic carbocycles. The van der Waals surface area contributed by atoms with Crippen molar-refractivity contribution in [3.05, 3.63) is 88.4 Å². The topological polar surface area (TPSA) is 49.3 Å². The molecule has 1 aliphatic rings. The summed E-state index contributed by atoms with van der Waals surface area (Å²) in [7, 11) is 0. The highest BCUT2D eigenvalue weighted by molar-refractivity contribution is 5.95. The zero-order valence-corrected chi connectivity index (χ0v) is 18.6. The SMILES string of the molecule is CCc1nc(C)nc(N2CCN(C(=O)c3ccccc3C)CC2)c1Cc1ccccc1. The van der Waals surface area contributed by atoms with Crippen LogP contribution in [0, 0.1) is 13.8 Å². The molecule has 160 valence electrons. The van der Waals surface area contributed by atoms with Crippen molar-refractivity contribution in [3.8, 4) is 0 Å². The van der Waals surface area contributed by atoms with Crippen molar-refractivity contribution in [2.45, 2.75) is 33.6 Å². The number of aromatic nitrogens is 2. The third kappa shape index (κ3) is 4.61. The Labute approximate surface area is 184 Å². The lowest BCUT2D eigenvalue weighted by atomic mass is 10.0. The van der Waals surface area contributed by atoms with Gasteiger partial charge in [0.25, 0.3) is 5.91 Å². The van der Waals surface area contributed by atoms with Gasteiger partial charge in [-0.1, -0.05) is 55.5 Å². The van der Waals surface area contributed by atoms with Gasteiger partial charge in [-0.3, -0.25) is 4.79 Å². The predicted octanol–water partition coefficient (Wildman–Crippen LogP) is 4.21.